The molecule has 1 saturated carbocycles. The van der Waals surface area contributed by atoms with Crippen LogP contribution in [-0.2, 0) is 19.1 Å². The summed E-state index contributed by atoms with van der Waals surface area (Å²) in [7, 11) is 1.45. The molecule has 0 spiro atoms. The second kappa shape index (κ2) is 19.2. The van der Waals surface area contributed by atoms with Crippen molar-refractivity contribution in [1.29, 1.82) is 5.41 Å². The quantitative estimate of drug-likeness (QED) is 0.0545. The van der Waals surface area contributed by atoms with Crippen molar-refractivity contribution in [2.75, 3.05) is 32.2 Å². The lowest BCUT2D eigenvalue weighted by molar-refractivity contribution is -0.192. The number of carboxylic acid groups (broad SMARTS) is 1. The fraction of sp³-hybridized carbons (Fsp3) is 0.324. The van der Waals surface area contributed by atoms with Gasteiger partial charge in [-0.15, -0.1) is 0 Å². The highest BCUT2D eigenvalue weighted by Gasteiger charge is 2.38. The highest BCUT2D eigenvalue weighted by atomic mass is 19.4. The van der Waals surface area contributed by atoms with Crippen molar-refractivity contribution >= 4 is 47.3 Å². The monoisotopic (exact) mass is 770 g/mol. The molecule has 4 rings (SSSR count). The molecule has 1 heterocycles. The Balaban J connectivity index is 0.00000106. The Labute approximate surface area is 313 Å². The molecule has 18 heteroatoms. The molecule has 0 radical (unpaired) electrons. The van der Waals surface area contributed by atoms with Crippen molar-refractivity contribution in [3.63, 3.8) is 0 Å². The maximum absolute atomic E-state index is 13.8. The van der Waals surface area contributed by atoms with Crippen LogP contribution in [0.2, 0.25) is 0 Å². The van der Waals surface area contributed by atoms with E-state index in [9.17, 15) is 32.3 Å². The number of carbonyl (C=O) groups excluding carboxylic acids is 4. The van der Waals surface area contributed by atoms with Crippen molar-refractivity contribution in [1.82, 2.24) is 10.3 Å². The third-order valence-corrected chi connectivity index (χ3v) is 7.94. The van der Waals surface area contributed by atoms with Gasteiger partial charge in [0, 0.05) is 40.0 Å². The van der Waals surface area contributed by atoms with Gasteiger partial charge in [-0.05, 0) is 73.2 Å². The zero-order chi connectivity index (χ0) is 41.0. The number of amides is 2. The van der Waals surface area contributed by atoms with Gasteiger partial charge >= 0.3 is 24.1 Å². The molecule has 15 nitrogen and oxygen atoms in total. The van der Waals surface area contributed by atoms with Gasteiger partial charge < -0.3 is 41.4 Å². The first-order chi connectivity index (χ1) is 25.9. The number of nitrogens with one attached hydrogen (secondary N) is 3. The van der Waals surface area contributed by atoms with E-state index in [0.717, 1.165) is 12.8 Å². The number of carbonyl (C=O) groups is 5. The number of halogens is 3. The van der Waals surface area contributed by atoms with Crippen molar-refractivity contribution in [2.24, 2.45) is 23.3 Å². The normalized spacial score (nSPS) is 12.7. The number of amidine groups is 1. The smallest absolute Gasteiger partial charge is 0.490 e. The van der Waals surface area contributed by atoms with Gasteiger partial charge in [0.15, 0.2) is 5.69 Å². The summed E-state index contributed by atoms with van der Waals surface area (Å²) in [4.78, 5) is 65.7. The number of rotatable bonds is 15. The fourth-order valence-electron chi connectivity index (χ4n) is 4.60. The first kappa shape index (κ1) is 43.1. The SMILES string of the molecule is C=Cc1cc(C(=O)Nc2ccc(C(=N)N)cc2)c(-c2ccc(C(=O)NCC3CC3)nc2C(=O)OCCOC(=O)[C@@H](N)C(C)C)cc1OC.O=C(O)C(F)(F)F. The van der Waals surface area contributed by atoms with Crippen LogP contribution in [-0.4, -0.2) is 84.7 Å². The van der Waals surface area contributed by atoms with Crippen molar-refractivity contribution in [3.8, 4) is 16.9 Å². The number of nitrogens with two attached hydrogens (primary N) is 2. The van der Waals surface area contributed by atoms with E-state index in [-0.39, 0.29) is 53.0 Å². The molecular formula is C37H41F3N6O9. The van der Waals surface area contributed by atoms with E-state index in [4.69, 9.17) is 41.0 Å². The summed E-state index contributed by atoms with van der Waals surface area (Å²) in [6, 6.07) is 11.7. The largest absolute Gasteiger partial charge is 0.496 e. The van der Waals surface area contributed by atoms with Crippen LogP contribution in [0.5, 0.6) is 5.75 Å². The first-order valence-electron chi connectivity index (χ1n) is 16.7. The molecule has 2 amide bonds. The number of anilines is 1. The zero-order valence-corrected chi connectivity index (χ0v) is 30.1. The minimum absolute atomic E-state index is 0.0214. The molecular weight excluding hydrogens is 729 g/mol. The highest BCUT2D eigenvalue weighted by Crippen LogP contribution is 2.35. The van der Waals surface area contributed by atoms with Crippen LogP contribution in [0.1, 0.15) is 69.2 Å². The maximum atomic E-state index is 13.8. The number of pyridine rings is 1. The number of nitrogens with zero attached hydrogens (tertiary/aromatic N) is 1. The van der Waals surface area contributed by atoms with E-state index in [1.54, 1.807) is 50.2 Å². The van der Waals surface area contributed by atoms with Crippen LogP contribution in [0.3, 0.4) is 0 Å². The van der Waals surface area contributed by atoms with Crippen LogP contribution in [0.15, 0.2) is 55.1 Å². The number of alkyl halides is 3. The van der Waals surface area contributed by atoms with Gasteiger partial charge in [0.2, 0.25) is 0 Å². The Morgan fingerprint density at radius 3 is 2.16 bits per heavy atom. The topological polar surface area (TPSA) is 246 Å². The van der Waals surface area contributed by atoms with E-state index in [1.807, 2.05) is 0 Å². The summed E-state index contributed by atoms with van der Waals surface area (Å²) >= 11 is 0. The van der Waals surface area contributed by atoms with Crippen LogP contribution in [0.25, 0.3) is 17.2 Å². The summed E-state index contributed by atoms with van der Waals surface area (Å²) in [5.74, 6) is -4.78. The van der Waals surface area contributed by atoms with Gasteiger partial charge in [-0.3, -0.25) is 19.8 Å². The number of carboxylic acids is 1. The number of ether oxygens (including phenoxy) is 3. The summed E-state index contributed by atoms with van der Waals surface area (Å²) < 4.78 is 47.9. The average Bonchev–Trinajstić information content (AvgIpc) is 3.99. The van der Waals surface area contributed by atoms with Crippen LogP contribution in [0.4, 0.5) is 18.9 Å². The zero-order valence-electron chi connectivity index (χ0n) is 30.1. The number of methoxy groups -OCH3 is 1. The number of esters is 2. The van der Waals surface area contributed by atoms with Gasteiger partial charge in [-0.1, -0.05) is 26.5 Å². The van der Waals surface area contributed by atoms with E-state index < -0.39 is 41.9 Å². The molecule has 55 heavy (non-hydrogen) atoms. The standard InChI is InChI=1S/C35H40N6O7.C2HF3O2/c1-5-21-16-26(32(42)40-23-10-8-22(9-11-23)31(37)38)25(17-28(21)46-4)24-12-13-27(33(43)39-18-20-6-7-20)41-30(24)35(45)48-15-14-47-34(44)29(36)19(2)3;3-2(4,5)1(6)7/h5,8-13,16-17,19-20,29H,1,6-7,14-15,18,36H2,2-4H3,(H3,37,38)(H,39,43)(H,40,42);(H,6,7)/t29-;/m0./s1. The number of hydrogen-bond acceptors (Lipinski definition) is 11. The van der Waals surface area contributed by atoms with Crippen molar-refractivity contribution in [2.45, 2.75) is 38.9 Å². The minimum Gasteiger partial charge on any atom is -0.496 e. The van der Waals surface area contributed by atoms with E-state index in [2.05, 4.69) is 22.2 Å². The van der Waals surface area contributed by atoms with Gasteiger partial charge in [0.25, 0.3) is 11.8 Å². The number of hydrogen-bond donors (Lipinski definition) is 6. The molecule has 3 aromatic rings. The molecule has 2 aromatic carbocycles. The number of aromatic nitrogens is 1. The molecule has 8 N–H and O–H groups in total. The average molecular weight is 771 g/mol. The van der Waals surface area contributed by atoms with Crippen molar-refractivity contribution < 1.29 is 56.5 Å². The minimum atomic E-state index is -5.08. The Morgan fingerprint density at radius 1 is 1.02 bits per heavy atom. The lowest BCUT2D eigenvalue weighted by Gasteiger charge is -2.17. The molecule has 0 bridgehead atoms. The summed E-state index contributed by atoms with van der Waals surface area (Å²) in [6.45, 7) is 7.31. The van der Waals surface area contributed by atoms with Gasteiger partial charge in [-0.2, -0.15) is 13.2 Å². The van der Waals surface area contributed by atoms with E-state index >= 15 is 0 Å². The second-order valence-electron chi connectivity index (χ2n) is 12.4. The van der Waals surface area contributed by atoms with Crippen LogP contribution >= 0.6 is 0 Å². The summed E-state index contributed by atoms with van der Waals surface area (Å²) in [5, 5.41) is 20.4. The molecule has 1 fully saturated rings. The van der Waals surface area contributed by atoms with E-state index in [1.165, 1.54) is 25.3 Å². The molecule has 1 aliphatic carbocycles. The summed E-state index contributed by atoms with van der Waals surface area (Å²) in [6.07, 6.45) is -1.50. The molecule has 0 aliphatic heterocycles. The van der Waals surface area contributed by atoms with Crippen LogP contribution in [0, 0.1) is 17.2 Å². The lowest BCUT2D eigenvalue weighted by Crippen LogP contribution is -2.37. The van der Waals surface area contributed by atoms with Gasteiger partial charge in [-0.25, -0.2) is 14.6 Å². The predicted octanol–water partition coefficient (Wildman–Crippen LogP) is 4.39. The third kappa shape index (κ3) is 12.4. The van der Waals surface area contributed by atoms with Crippen molar-refractivity contribution in [3.05, 3.63) is 83.2 Å². The molecule has 1 aromatic heterocycles. The van der Waals surface area contributed by atoms with Crippen LogP contribution < -0.4 is 26.8 Å². The first-order valence-corrected chi connectivity index (χ1v) is 16.7. The Morgan fingerprint density at radius 2 is 1.64 bits per heavy atom. The third-order valence-electron chi connectivity index (χ3n) is 7.94. The number of aliphatic carboxylic acids is 1. The molecule has 0 unspecified atom stereocenters. The number of benzene rings is 2. The van der Waals surface area contributed by atoms with E-state index in [0.29, 0.717) is 35.0 Å². The molecule has 0 saturated heterocycles. The summed E-state index contributed by atoms with van der Waals surface area (Å²) in [5.41, 5.74) is 13.1. The van der Waals surface area contributed by atoms with Gasteiger partial charge in [0.05, 0.1) is 7.11 Å². The Kier molecular flexibility index (Phi) is 15.0. The predicted molar refractivity (Wildman–Crippen MR) is 195 cm³/mol. The lowest BCUT2D eigenvalue weighted by atomic mass is 9.94. The van der Waals surface area contributed by atoms with Gasteiger partial charge in [0.1, 0.15) is 36.5 Å². The fourth-order valence-corrected chi connectivity index (χ4v) is 4.60. The second-order valence-corrected chi connectivity index (χ2v) is 12.4. The highest BCUT2D eigenvalue weighted by molar-refractivity contribution is 6.11. The Bertz CT molecular complexity index is 1930. The molecule has 1 atom stereocenters. The molecule has 1 aliphatic rings. The Hall–Kier alpha value is -6.30. The number of nitrogen functional groups attached to an aromatic ring is 1. The molecule has 294 valence electrons. The maximum Gasteiger partial charge on any atom is 0.490 e.